The van der Waals surface area contributed by atoms with E-state index in [1.807, 2.05) is 0 Å². The molecule has 5 nitrogen and oxygen atoms in total. The second-order valence-corrected chi connectivity index (χ2v) is 4.12. The van der Waals surface area contributed by atoms with Crippen LogP contribution in [0.5, 0.6) is 0 Å². The SMILES string of the molecule is CC(CO)(CO)Nc1cc(Cl)nnc1Cl. The maximum absolute atomic E-state index is 9.07. The largest absolute Gasteiger partial charge is 0.394 e. The zero-order valence-electron chi connectivity index (χ0n) is 8.04. The fourth-order valence-corrected chi connectivity index (χ4v) is 1.18. The average Bonchev–Trinajstić information content (AvgIpc) is 2.23. The molecule has 7 heteroatoms. The van der Waals surface area contributed by atoms with E-state index in [9.17, 15) is 0 Å². The Bertz CT molecular complexity index is 345. The zero-order chi connectivity index (χ0) is 11.5. The highest BCUT2D eigenvalue weighted by Gasteiger charge is 2.23. The zero-order valence-corrected chi connectivity index (χ0v) is 9.55. The molecule has 15 heavy (non-hydrogen) atoms. The summed E-state index contributed by atoms with van der Waals surface area (Å²) in [5, 5.41) is 28.4. The molecule has 0 aliphatic heterocycles. The minimum Gasteiger partial charge on any atom is -0.394 e. The van der Waals surface area contributed by atoms with E-state index >= 15 is 0 Å². The summed E-state index contributed by atoms with van der Waals surface area (Å²) >= 11 is 11.4. The standard InChI is InChI=1S/C8H11Cl2N3O2/c1-8(3-14,4-15)11-5-2-6(9)12-13-7(5)10/h2,14-15H,3-4H2,1H3,(H,11,12). The smallest absolute Gasteiger partial charge is 0.174 e. The van der Waals surface area contributed by atoms with Gasteiger partial charge in [-0.1, -0.05) is 23.2 Å². The molecule has 0 aliphatic rings. The molecule has 0 unspecified atom stereocenters. The summed E-state index contributed by atoms with van der Waals surface area (Å²) in [4.78, 5) is 0. The molecule has 1 aromatic rings. The van der Waals surface area contributed by atoms with Gasteiger partial charge in [-0.3, -0.25) is 0 Å². The van der Waals surface area contributed by atoms with Crippen LogP contribution in [0.25, 0.3) is 0 Å². The number of hydrogen-bond donors (Lipinski definition) is 3. The van der Waals surface area contributed by atoms with Crippen molar-refractivity contribution in [1.29, 1.82) is 0 Å². The van der Waals surface area contributed by atoms with Gasteiger partial charge in [0.2, 0.25) is 0 Å². The van der Waals surface area contributed by atoms with Crippen LogP contribution in [-0.4, -0.2) is 39.2 Å². The first kappa shape index (κ1) is 12.4. The van der Waals surface area contributed by atoms with Gasteiger partial charge in [-0.25, -0.2) is 0 Å². The van der Waals surface area contributed by atoms with Crippen LogP contribution in [0.4, 0.5) is 5.69 Å². The van der Waals surface area contributed by atoms with Crippen molar-refractivity contribution >= 4 is 28.9 Å². The molecule has 1 heterocycles. The molecular formula is C8H11Cl2N3O2. The van der Waals surface area contributed by atoms with Gasteiger partial charge >= 0.3 is 0 Å². The summed E-state index contributed by atoms with van der Waals surface area (Å²) in [7, 11) is 0. The van der Waals surface area contributed by atoms with Crippen LogP contribution < -0.4 is 5.32 Å². The quantitative estimate of drug-likeness (QED) is 0.743. The maximum atomic E-state index is 9.07. The highest BCUT2D eigenvalue weighted by atomic mass is 35.5. The Morgan fingerprint density at radius 3 is 2.47 bits per heavy atom. The minimum absolute atomic E-state index is 0.132. The number of nitrogens with zero attached hydrogens (tertiary/aromatic N) is 2. The third-order valence-electron chi connectivity index (χ3n) is 1.85. The molecule has 0 radical (unpaired) electrons. The Kier molecular flexibility index (Phi) is 4.10. The number of aliphatic hydroxyl groups is 2. The molecule has 0 spiro atoms. The van der Waals surface area contributed by atoms with Gasteiger partial charge in [-0.2, -0.15) is 0 Å². The summed E-state index contributed by atoms with van der Waals surface area (Å²) < 4.78 is 0. The third-order valence-corrected chi connectivity index (χ3v) is 2.32. The Labute approximate surface area is 97.0 Å². The number of aliphatic hydroxyl groups excluding tert-OH is 2. The van der Waals surface area contributed by atoms with E-state index in [-0.39, 0.29) is 23.5 Å². The number of anilines is 1. The molecule has 1 rings (SSSR count). The van der Waals surface area contributed by atoms with Gasteiger partial charge in [0, 0.05) is 6.07 Å². The second kappa shape index (κ2) is 4.94. The first-order chi connectivity index (χ1) is 7.00. The van der Waals surface area contributed by atoms with Gasteiger partial charge in [0.15, 0.2) is 10.3 Å². The topological polar surface area (TPSA) is 78.3 Å². The minimum atomic E-state index is -0.879. The van der Waals surface area contributed by atoms with Crippen LogP contribution in [0.2, 0.25) is 10.3 Å². The molecule has 0 aliphatic carbocycles. The van der Waals surface area contributed by atoms with Crippen molar-refractivity contribution in [2.45, 2.75) is 12.5 Å². The van der Waals surface area contributed by atoms with E-state index in [0.717, 1.165) is 0 Å². The second-order valence-electron chi connectivity index (χ2n) is 3.37. The number of nitrogens with one attached hydrogen (secondary N) is 1. The number of halogens is 2. The van der Waals surface area contributed by atoms with Crippen molar-refractivity contribution in [3.8, 4) is 0 Å². The first-order valence-corrected chi connectivity index (χ1v) is 4.95. The lowest BCUT2D eigenvalue weighted by Crippen LogP contribution is -2.42. The Morgan fingerprint density at radius 2 is 1.93 bits per heavy atom. The Morgan fingerprint density at radius 1 is 1.33 bits per heavy atom. The predicted octanol–water partition coefficient (Wildman–Crippen LogP) is 0.939. The molecule has 0 bridgehead atoms. The molecule has 0 atom stereocenters. The van der Waals surface area contributed by atoms with Gasteiger partial charge in [0.05, 0.1) is 24.4 Å². The lowest BCUT2D eigenvalue weighted by Gasteiger charge is -2.27. The summed E-state index contributed by atoms with van der Waals surface area (Å²) in [6.45, 7) is 1.14. The van der Waals surface area contributed by atoms with Crippen LogP contribution in [0.1, 0.15) is 6.92 Å². The van der Waals surface area contributed by atoms with Crippen molar-refractivity contribution in [3.05, 3.63) is 16.4 Å². The molecule has 3 N–H and O–H groups in total. The molecule has 0 aromatic carbocycles. The number of aromatic nitrogens is 2. The molecular weight excluding hydrogens is 241 g/mol. The fourth-order valence-electron chi connectivity index (χ4n) is 0.895. The maximum Gasteiger partial charge on any atom is 0.174 e. The first-order valence-electron chi connectivity index (χ1n) is 4.19. The summed E-state index contributed by atoms with van der Waals surface area (Å²) in [5.41, 5.74) is -0.460. The molecule has 0 fully saturated rings. The van der Waals surface area contributed by atoms with Crippen LogP contribution >= 0.6 is 23.2 Å². The van der Waals surface area contributed by atoms with Crippen LogP contribution in [0, 0.1) is 0 Å². The van der Waals surface area contributed by atoms with Crippen molar-refractivity contribution in [3.63, 3.8) is 0 Å². The van der Waals surface area contributed by atoms with Gasteiger partial charge < -0.3 is 15.5 Å². The highest BCUT2D eigenvalue weighted by Crippen LogP contribution is 2.24. The van der Waals surface area contributed by atoms with E-state index in [4.69, 9.17) is 33.4 Å². The Balaban J connectivity index is 2.92. The fraction of sp³-hybridized carbons (Fsp3) is 0.500. The van der Waals surface area contributed by atoms with E-state index in [0.29, 0.717) is 5.69 Å². The van der Waals surface area contributed by atoms with Crippen molar-refractivity contribution < 1.29 is 10.2 Å². The number of hydrogen-bond acceptors (Lipinski definition) is 5. The number of rotatable bonds is 4. The normalized spacial score (nSPS) is 11.5. The average molecular weight is 252 g/mol. The third kappa shape index (κ3) is 3.17. The molecule has 1 aromatic heterocycles. The molecule has 0 amide bonds. The molecule has 0 saturated heterocycles. The lowest BCUT2D eigenvalue weighted by atomic mass is 10.1. The van der Waals surface area contributed by atoms with Gasteiger partial charge in [-0.05, 0) is 6.92 Å². The van der Waals surface area contributed by atoms with E-state index in [2.05, 4.69) is 15.5 Å². The van der Waals surface area contributed by atoms with Crippen LogP contribution in [-0.2, 0) is 0 Å². The van der Waals surface area contributed by atoms with Crippen molar-refractivity contribution in [1.82, 2.24) is 10.2 Å². The monoisotopic (exact) mass is 251 g/mol. The summed E-state index contributed by atoms with van der Waals surface area (Å²) in [6, 6.07) is 1.47. The molecule has 0 saturated carbocycles. The van der Waals surface area contributed by atoms with Crippen molar-refractivity contribution in [2.75, 3.05) is 18.5 Å². The summed E-state index contributed by atoms with van der Waals surface area (Å²) in [5.74, 6) is 0. The van der Waals surface area contributed by atoms with Gasteiger partial charge in [0.1, 0.15) is 0 Å². The van der Waals surface area contributed by atoms with E-state index in [1.165, 1.54) is 6.07 Å². The lowest BCUT2D eigenvalue weighted by molar-refractivity contribution is 0.147. The Hall–Kier alpha value is -0.620. The van der Waals surface area contributed by atoms with Gasteiger partial charge in [0.25, 0.3) is 0 Å². The van der Waals surface area contributed by atoms with Crippen LogP contribution in [0.15, 0.2) is 6.07 Å². The van der Waals surface area contributed by atoms with Crippen LogP contribution in [0.3, 0.4) is 0 Å². The van der Waals surface area contributed by atoms with E-state index in [1.54, 1.807) is 6.92 Å². The highest BCUT2D eigenvalue weighted by molar-refractivity contribution is 6.33. The summed E-state index contributed by atoms with van der Waals surface area (Å²) in [6.07, 6.45) is 0. The molecule has 84 valence electrons. The van der Waals surface area contributed by atoms with Crippen molar-refractivity contribution in [2.24, 2.45) is 0 Å². The predicted molar refractivity (Wildman–Crippen MR) is 58.3 cm³/mol. The van der Waals surface area contributed by atoms with Gasteiger partial charge in [-0.15, -0.1) is 10.2 Å². The van der Waals surface area contributed by atoms with E-state index < -0.39 is 5.54 Å².